The summed E-state index contributed by atoms with van der Waals surface area (Å²) in [5, 5.41) is 10.3. The van der Waals surface area contributed by atoms with Crippen LogP contribution in [-0.2, 0) is 4.79 Å². The fraction of sp³-hybridized carbons (Fsp3) is 0.583. The van der Waals surface area contributed by atoms with Crippen molar-refractivity contribution in [3.05, 3.63) is 22.4 Å². The van der Waals surface area contributed by atoms with Gasteiger partial charge in [0.2, 0.25) is 5.91 Å². The van der Waals surface area contributed by atoms with Gasteiger partial charge < -0.3 is 5.32 Å². The molecule has 0 aliphatic carbocycles. The molecule has 0 bridgehead atoms. The van der Waals surface area contributed by atoms with E-state index in [-0.39, 0.29) is 18.0 Å². The minimum atomic E-state index is -0.151. The van der Waals surface area contributed by atoms with Crippen molar-refractivity contribution in [2.45, 2.75) is 39.3 Å². The van der Waals surface area contributed by atoms with Gasteiger partial charge in [-0.05, 0) is 42.7 Å². The van der Waals surface area contributed by atoms with Gasteiger partial charge in [0, 0.05) is 12.6 Å². The van der Waals surface area contributed by atoms with Crippen LogP contribution in [0.5, 0.6) is 0 Å². The average Bonchev–Trinajstić information content (AvgIpc) is 2.79. The highest BCUT2D eigenvalue weighted by Crippen LogP contribution is 2.15. The Kier molecular flexibility index (Phi) is 5.49. The standard InChI is InChI=1S/C12H20N2OS/c1-4-6-13-12(15)10(3)14-9(2)11-5-7-16-8-11/h5,7-10,14H,4,6H2,1-3H3,(H,13,15). The molecule has 4 heteroatoms. The smallest absolute Gasteiger partial charge is 0.236 e. The second kappa shape index (κ2) is 6.66. The van der Waals surface area contributed by atoms with Crippen LogP contribution in [0.25, 0.3) is 0 Å². The molecule has 1 heterocycles. The third-order valence-corrected chi connectivity index (χ3v) is 3.19. The Morgan fingerprint density at radius 1 is 1.50 bits per heavy atom. The van der Waals surface area contributed by atoms with E-state index in [1.165, 1.54) is 5.56 Å². The SMILES string of the molecule is CCCNC(=O)C(C)NC(C)c1ccsc1. The molecule has 0 saturated heterocycles. The Morgan fingerprint density at radius 3 is 2.81 bits per heavy atom. The maximum atomic E-state index is 11.6. The van der Waals surface area contributed by atoms with Gasteiger partial charge in [0.25, 0.3) is 0 Å². The van der Waals surface area contributed by atoms with Crippen LogP contribution in [-0.4, -0.2) is 18.5 Å². The zero-order valence-electron chi connectivity index (χ0n) is 10.1. The van der Waals surface area contributed by atoms with Crippen molar-refractivity contribution in [1.29, 1.82) is 0 Å². The van der Waals surface area contributed by atoms with Crippen LogP contribution in [0.2, 0.25) is 0 Å². The van der Waals surface area contributed by atoms with Crippen molar-refractivity contribution in [2.24, 2.45) is 0 Å². The van der Waals surface area contributed by atoms with Gasteiger partial charge in [-0.1, -0.05) is 6.92 Å². The monoisotopic (exact) mass is 240 g/mol. The summed E-state index contributed by atoms with van der Waals surface area (Å²) in [5.74, 6) is 0.0731. The van der Waals surface area contributed by atoms with E-state index in [2.05, 4.69) is 34.4 Å². The van der Waals surface area contributed by atoms with E-state index >= 15 is 0 Å². The molecule has 2 atom stereocenters. The Labute approximate surface area is 101 Å². The number of rotatable bonds is 6. The van der Waals surface area contributed by atoms with Gasteiger partial charge in [0.1, 0.15) is 0 Å². The fourth-order valence-electron chi connectivity index (χ4n) is 1.47. The van der Waals surface area contributed by atoms with Crippen LogP contribution in [0.3, 0.4) is 0 Å². The van der Waals surface area contributed by atoms with Crippen LogP contribution in [0.1, 0.15) is 38.8 Å². The van der Waals surface area contributed by atoms with E-state index < -0.39 is 0 Å². The number of hydrogen-bond donors (Lipinski definition) is 2. The number of nitrogens with one attached hydrogen (secondary N) is 2. The molecular weight excluding hydrogens is 220 g/mol. The van der Waals surface area contributed by atoms with Crippen molar-refractivity contribution in [2.75, 3.05) is 6.54 Å². The molecule has 16 heavy (non-hydrogen) atoms. The summed E-state index contributed by atoms with van der Waals surface area (Å²) in [4.78, 5) is 11.6. The first kappa shape index (κ1) is 13.2. The molecule has 0 aromatic carbocycles. The van der Waals surface area contributed by atoms with Gasteiger partial charge in [0.05, 0.1) is 6.04 Å². The Hall–Kier alpha value is -0.870. The summed E-state index contributed by atoms with van der Waals surface area (Å²) < 4.78 is 0. The van der Waals surface area contributed by atoms with Gasteiger partial charge in [0.15, 0.2) is 0 Å². The Balaban J connectivity index is 2.38. The van der Waals surface area contributed by atoms with Crippen LogP contribution in [0, 0.1) is 0 Å². The molecule has 3 nitrogen and oxygen atoms in total. The molecule has 2 N–H and O–H groups in total. The van der Waals surface area contributed by atoms with Gasteiger partial charge in [-0.3, -0.25) is 10.1 Å². The largest absolute Gasteiger partial charge is 0.355 e. The van der Waals surface area contributed by atoms with E-state index in [4.69, 9.17) is 0 Å². The highest BCUT2D eigenvalue weighted by atomic mass is 32.1. The molecule has 0 saturated carbocycles. The molecule has 0 fully saturated rings. The predicted molar refractivity (Wildman–Crippen MR) is 68.6 cm³/mol. The first-order valence-corrected chi connectivity index (χ1v) is 6.65. The molecule has 1 aromatic heterocycles. The second-order valence-electron chi connectivity index (χ2n) is 3.96. The topological polar surface area (TPSA) is 41.1 Å². The van der Waals surface area contributed by atoms with Gasteiger partial charge in [-0.15, -0.1) is 0 Å². The normalized spacial score (nSPS) is 14.4. The minimum absolute atomic E-state index is 0.0731. The van der Waals surface area contributed by atoms with Crippen molar-refractivity contribution < 1.29 is 4.79 Å². The highest BCUT2D eigenvalue weighted by molar-refractivity contribution is 7.07. The van der Waals surface area contributed by atoms with Crippen molar-refractivity contribution in [3.8, 4) is 0 Å². The third-order valence-electron chi connectivity index (χ3n) is 2.49. The molecule has 90 valence electrons. The van der Waals surface area contributed by atoms with Crippen LogP contribution in [0.15, 0.2) is 16.8 Å². The molecule has 1 aromatic rings. The number of thiophene rings is 1. The Morgan fingerprint density at radius 2 is 2.25 bits per heavy atom. The molecule has 1 amide bonds. The van der Waals surface area contributed by atoms with E-state index in [9.17, 15) is 4.79 Å². The summed E-state index contributed by atoms with van der Waals surface area (Å²) in [6.45, 7) is 6.77. The third kappa shape index (κ3) is 3.94. The van der Waals surface area contributed by atoms with E-state index in [0.29, 0.717) is 0 Å². The highest BCUT2D eigenvalue weighted by Gasteiger charge is 2.15. The number of carbonyl (C=O) groups is 1. The number of hydrogen-bond acceptors (Lipinski definition) is 3. The van der Waals surface area contributed by atoms with Gasteiger partial charge in [-0.2, -0.15) is 11.3 Å². The molecular formula is C12H20N2OS. The summed E-state index contributed by atoms with van der Waals surface area (Å²) in [5.41, 5.74) is 1.24. The van der Waals surface area contributed by atoms with Crippen LogP contribution >= 0.6 is 11.3 Å². The maximum absolute atomic E-state index is 11.6. The van der Waals surface area contributed by atoms with Crippen molar-refractivity contribution in [3.63, 3.8) is 0 Å². The summed E-state index contributed by atoms with van der Waals surface area (Å²) in [6, 6.07) is 2.15. The van der Waals surface area contributed by atoms with Crippen molar-refractivity contribution in [1.82, 2.24) is 10.6 Å². The van der Waals surface area contributed by atoms with E-state index in [0.717, 1.165) is 13.0 Å². The van der Waals surface area contributed by atoms with Crippen LogP contribution in [0.4, 0.5) is 0 Å². The first-order valence-electron chi connectivity index (χ1n) is 5.71. The molecule has 0 aliphatic heterocycles. The summed E-state index contributed by atoms with van der Waals surface area (Å²) >= 11 is 1.68. The predicted octanol–water partition coefficient (Wildman–Crippen LogP) is 2.31. The van der Waals surface area contributed by atoms with Crippen LogP contribution < -0.4 is 10.6 Å². The molecule has 2 unspecified atom stereocenters. The van der Waals surface area contributed by atoms with E-state index in [1.807, 2.05) is 13.8 Å². The maximum Gasteiger partial charge on any atom is 0.236 e. The zero-order chi connectivity index (χ0) is 12.0. The number of carbonyl (C=O) groups excluding carboxylic acids is 1. The summed E-state index contributed by atoms with van der Waals surface area (Å²) in [7, 11) is 0. The molecule has 0 radical (unpaired) electrons. The van der Waals surface area contributed by atoms with Crippen molar-refractivity contribution >= 4 is 17.2 Å². The number of amides is 1. The summed E-state index contributed by atoms with van der Waals surface area (Å²) in [6.07, 6.45) is 0.971. The fourth-order valence-corrected chi connectivity index (χ4v) is 2.22. The van der Waals surface area contributed by atoms with Gasteiger partial charge >= 0.3 is 0 Å². The lowest BCUT2D eigenvalue weighted by Crippen LogP contribution is -2.43. The minimum Gasteiger partial charge on any atom is -0.355 e. The lowest BCUT2D eigenvalue weighted by molar-refractivity contribution is -0.122. The molecule has 1 rings (SSSR count). The lowest BCUT2D eigenvalue weighted by Gasteiger charge is -2.18. The average molecular weight is 240 g/mol. The zero-order valence-corrected chi connectivity index (χ0v) is 10.9. The molecule has 0 spiro atoms. The lowest BCUT2D eigenvalue weighted by atomic mass is 10.1. The second-order valence-corrected chi connectivity index (χ2v) is 4.74. The quantitative estimate of drug-likeness (QED) is 0.801. The molecule has 0 aliphatic rings. The van der Waals surface area contributed by atoms with Gasteiger partial charge in [-0.25, -0.2) is 0 Å². The van der Waals surface area contributed by atoms with E-state index in [1.54, 1.807) is 11.3 Å². The Bertz CT molecular complexity index is 311. The first-order chi connectivity index (χ1) is 7.65.